The number of rotatable bonds is 3. The van der Waals surface area contributed by atoms with E-state index in [4.69, 9.17) is 5.73 Å². The van der Waals surface area contributed by atoms with Crippen LogP contribution < -0.4 is 5.73 Å². The molecule has 2 N–H and O–H groups in total. The van der Waals surface area contributed by atoms with Gasteiger partial charge in [-0.15, -0.1) is 0 Å². The fourth-order valence-electron chi connectivity index (χ4n) is 2.82. The average molecular weight is 238 g/mol. The highest BCUT2D eigenvalue weighted by atomic mass is 14.7. The van der Waals surface area contributed by atoms with E-state index in [0.29, 0.717) is 5.92 Å². The van der Waals surface area contributed by atoms with Crippen molar-refractivity contribution >= 4 is 0 Å². The average Bonchev–Trinajstić information content (AvgIpc) is 2.84. The largest absolute Gasteiger partial charge is 0.327 e. The van der Waals surface area contributed by atoms with Crippen molar-refractivity contribution in [1.29, 1.82) is 0 Å². The third kappa shape index (κ3) is 2.29. The standard InChI is InChI=1S/C16H18N2/c17-16(11-15-7-3-4-8-18-15)14-9-12-5-1-2-6-13(12)10-14/h1-8,14,16H,9-11,17H2. The molecule has 1 aromatic carbocycles. The summed E-state index contributed by atoms with van der Waals surface area (Å²) in [4.78, 5) is 4.36. The maximum atomic E-state index is 6.35. The molecule has 1 aliphatic carbocycles. The van der Waals surface area contributed by atoms with Crippen LogP contribution in [-0.4, -0.2) is 11.0 Å². The second-order valence-electron chi connectivity index (χ2n) is 5.13. The molecule has 1 aromatic heterocycles. The van der Waals surface area contributed by atoms with Gasteiger partial charge in [0, 0.05) is 24.4 Å². The van der Waals surface area contributed by atoms with Crippen LogP contribution in [0.3, 0.4) is 0 Å². The van der Waals surface area contributed by atoms with E-state index in [2.05, 4.69) is 35.3 Å². The molecular weight excluding hydrogens is 220 g/mol. The molecule has 1 aliphatic rings. The van der Waals surface area contributed by atoms with Gasteiger partial charge in [-0.2, -0.15) is 0 Å². The summed E-state index contributed by atoms with van der Waals surface area (Å²) in [5, 5.41) is 0. The summed E-state index contributed by atoms with van der Waals surface area (Å²) in [6.45, 7) is 0. The summed E-state index contributed by atoms with van der Waals surface area (Å²) in [5.74, 6) is 0.560. The van der Waals surface area contributed by atoms with E-state index in [1.165, 1.54) is 11.1 Å². The Kier molecular flexibility index (Phi) is 3.11. The van der Waals surface area contributed by atoms with Gasteiger partial charge < -0.3 is 5.73 Å². The molecule has 3 rings (SSSR count). The quantitative estimate of drug-likeness (QED) is 0.891. The highest BCUT2D eigenvalue weighted by molar-refractivity contribution is 5.32. The maximum absolute atomic E-state index is 6.35. The molecule has 2 nitrogen and oxygen atoms in total. The van der Waals surface area contributed by atoms with E-state index in [1.54, 1.807) is 0 Å². The summed E-state index contributed by atoms with van der Waals surface area (Å²) in [6.07, 6.45) is 4.94. The summed E-state index contributed by atoms with van der Waals surface area (Å²) >= 11 is 0. The molecule has 0 amide bonds. The highest BCUT2D eigenvalue weighted by Gasteiger charge is 2.26. The van der Waals surface area contributed by atoms with Crippen LogP contribution in [0.5, 0.6) is 0 Å². The number of pyridine rings is 1. The van der Waals surface area contributed by atoms with Gasteiger partial charge in [0.05, 0.1) is 0 Å². The predicted molar refractivity (Wildman–Crippen MR) is 73.3 cm³/mol. The van der Waals surface area contributed by atoms with Crippen molar-refractivity contribution in [2.45, 2.75) is 25.3 Å². The fourth-order valence-corrected chi connectivity index (χ4v) is 2.82. The lowest BCUT2D eigenvalue weighted by atomic mass is 9.93. The second-order valence-corrected chi connectivity index (χ2v) is 5.13. The lowest BCUT2D eigenvalue weighted by Crippen LogP contribution is -2.33. The SMILES string of the molecule is NC(Cc1ccccn1)C1Cc2ccccc2C1. The minimum atomic E-state index is 0.201. The van der Waals surface area contributed by atoms with Crippen LogP contribution in [0.1, 0.15) is 16.8 Å². The monoisotopic (exact) mass is 238 g/mol. The summed E-state index contributed by atoms with van der Waals surface area (Å²) in [6, 6.07) is 14.9. The summed E-state index contributed by atoms with van der Waals surface area (Å²) in [7, 11) is 0. The van der Waals surface area contributed by atoms with Crippen molar-refractivity contribution in [2.24, 2.45) is 11.7 Å². The van der Waals surface area contributed by atoms with E-state index in [1.807, 2.05) is 18.3 Å². The van der Waals surface area contributed by atoms with Gasteiger partial charge in [0.1, 0.15) is 0 Å². The summed E-state index contributed by atoms with van der Waals surface area (Å²) in [5.41, 5.74) is 10.4. The number of hydrogen-bond donors (Lipinski definition) is 1. The van der Waals surface area contributed by atoms with Gasteiger partial charge in [0.2, 0.25) is 0 Å². The van der Waals surface area contributed by atoms with E-state index in [9.17, 15) is 0 Å². The highest BCUT2D eigenvalue weighted by Crippen LogP contribution is 2.28. The maximum Gasteiger partial charge on any atom is 0.0419 e. The van der Waals surface area contributed by atoms with Gasteiger partial charge in [-0.3, -0.25) is 4.98 Å². The molecule has 0 saturated heterocycles. The molecule has 0 spiro atoms. The molecule has 2 heteroatoms. The Morgan fingerprint density at radius 1 is 1.06 bits per heavy atom. The first-order chi connectivity index (χ1) is 8.83. The van der Waals surface area contributed by atoms with Gasteiger partial charge in [-0.05, 0) is 42.0 Å². The van der Waals surface area contributed by atoms with E-state index in [-0.39, 0.29) is 6.04 Å². The minimum Gasteiger partial charge on any atom is -0.327 e. The van der Waals surface area contributed by atoms with Gasteiger partial charge in [-0.25, -0.2) is 0 Å². The van der Waals surface area contributed by atoms with Crippen LogP contribution in [0.15, 0.2) is 48.7 Å². The van der Waals surface area contributed by atoms with E-state index < -0.39 is 0 Å². The number of nitrogens with zero attached hydrogens (tertiary/aromatic N) is 1. The number of nitrogens with two attached hydrogens (primary N) is 1. The van der Waals surface area contributed by atoms with Crippen molar-refractivity contribution in [3.8, 4) is 0 Å². The smallest absolute Gasteiger partial charge is 0.0419 e. The van der Waals surface area contributed by atoms with Crippen LogP contribution in [0.25, 0.3) is 0 Å². The van der Waals surface area contributed by atoms with Crippen LogP contribution >= 0.6 is 0 Å². The molecule has 92 valence electrons. The van der Waals surface area contributed by atoms with Crippen LogP contribution in [-0.2, 0) is 19.3 Å². The fraction of sp³-hybridized carbons (Fsp3) is 0.312. The second kappa shape index (κ2) is 4.91. The van der Waals surface area contributed by atoms with Gasteiger partial charge in [0.25, 0.3) is 0 Å². The molecule has 18 heavy (non-hydrogen) atoms. The molecular formula is C16H18N2. The van der Waals surface area contributed by atoms with Crippen LogP contribution in [0.2, 0.25) is 0 Å². The lowest BCUT2D eigenvalue weighted by molar-refractivity contribution is 0.434. The first kappa shape index (κ1) is 11.4. The van der Waals surface area contributed by atoms with Gasteiger partial charge >= 0.3 is 0 Å². The molecule has 1 atom stereocenters. The van der Waals surface area contributed by atoms with E-state index in [0.717, 1.165) is 25.0 Å². The van der Waals surface area contributed by atoms with Crippen molar-refractivity contribution in [1.82, 2.24) is 4.98 Å². The summed E-state index contributed by atoms with van der Waals surface area (Å²) < 4.78 is 0. The van der Waals surface area contributed by atoms with Crippen molar-refractivity contribution in [3.05, 3.63) is 65.5 Å². The zero-order valence-electron chi connectivity index (χ0n) is 10.4. The predicted octanol–water partition coefficient (Wildman–Crippen LogP) is 2.37. The number of hydrogen-bond acceptors (Lipinski definition) is 2. The minimum absolute atomic E-state index is 0.201. The molecule has 0 bridgehead atoms. The Morgan fingerprint density at radius 3 is 2.33 bits per heavy atom. The third-order valence-electron chi connectivity index (χ3n) is 3.86. The van der Waals surface area contributed by atoms with Crippen molar-refractivity contribution in [2.75, 3.05) is 0 Å². The van der Waals surface area contributed by atoms with Gasteiger partial charge in [-0.1, -0.05) is 30.3 Å². The molecule has 0 fully saturated rings. The Hall–Kier alpha value is -1.67. The number of aromatic nitrogens is 1. The topological polar surface area (TPSA) is 38.9 Å². The van der Waals surface area contributed by atoms with Gasteiger partial charge in [0.15, 0.2) is 0 Å². The molecule has 0 aliphatic heterocycles. The lowest BCUT2D eigenvalue weighted by Gasteiger charge is -2.18. The normalized spacial score (nSPS) is 16.5. The zero-order chi connectivity index (χ0) is 12.4. The Bertz CT molecular complexity index is 497. The third-order valence-corrected chi connectivity index (χ3v) is 3.86. The van der Waals surface area contributed by atoms with Crippen molar-refractivity contribution in [3.63, 3.8) is 0 Å². The molecule has 2 aromatic rings. The van der Waals surface area contributed by atoms with Crippen molar-refractivity contribution < 1.29 is 0 Å². The zero-order valence-corrected chi connectivity index (χ0v) is 10.4. The Balaban J connectivity index is 1.67. The molecule has 1 heterocycles. The molecule has 0 saturated carbocycles. The first-order valence-corrected chi connectivity index (χ1v) is 6.55. The molecule has 1 unspecified atom stereocenters. The number of benzene rings is 1. The number of fused-ring (bicyclic) bond motifs is 1. The Morgan fingerprint density at radius 2 is 1.72 bits per heavy atom. The Labute approximate surface area is 108 Å². The van der Waals surface area contributed by atoms with E-state index >= 15 is 0 Å². The van der Waals surface area contributed by atoms with Crippen LogP contribution in [0, 0.1) is 5.92 Å². The first-order valence-electron chi connectivity index (χ1n) is 6.55. The molecule has 0 radical (unpaired) electrons. The van der Waals surface area contributed by atoms with Crippen LogP contribution in [0.4, 0.5) is 0 Å².